The summed E-state index contributed by atoms with van der Waals surface area (Å²) in [6.45, 7) is 0.431. The topological polar surface area (TPSA) is 101 Å². The van der Waals surface area contributed by atoms with Crippen LogP contribution < -0.4 is 0 Å². The van der Waals surface area contributed by atoms with Crippen molar-refractivity contribution in [1.82, 2.24) is 0 Å². The van der Waals surface area contributed by atoms with Crippen LogP contribution in [0.15, 0.2) is 0 Å². The average molecular weight is 176 g/mol. The molecule has 6 heteroatoms. The standard InChI is InChI=1S/C6H8O6/c1-3(7)12-2-4(5(8)9)6(10)11/h4H,2H2,1H3,(H,8,9)(H,10,11). The largest absolute Gasteiger partial charge is 0.481 e. The van der Waals surface area contributed by atoms with Crippen LogP contribution in [0, 0.1) is 5.92 Å². The Morgan fingerprint density at radius 1 is 1.25 bits per heavy atom. The van der Waals surface area contributed by atoms with E-state index in [1.807, 2.05) is 0 Å². The van der Waals surface area contributed by atoms with Crippen LogP contribution in [0.2, 0.25) is 0 Å². The summed E-state index contributed by atoms with van der Waals surface area (Å²) < 4.78 is 4.23. The smallest absolute Gasteiger partial charge is 0.321 e. The van der Waals surface area contributed by atoms with Crippen LogP contribution in [0.3, 0.4) is 0 Å². The highest BCUT2D eigenvalue weighted by Crippen LogP contribution is 1.98. The molecular weight excluding hydrogens is 168 g/mol. The molecule has 0 spiro atoms. The Morgan fingerprint density at radius 3 is 1.92 bits per heavy atom. The molecule has 0 atom stereocenters. The fourth-order valence-electron chi connectivity index (χ4n) is 0.449. The Morgan fingerprint density at radius 2 is 1.67 bits per heavy atom. The third-order valence-electron chi connectivity index (χ3n) is 1.05. The van der Waals surface area contributed by atoms with Crippen LogP contribution in [0.25, 0.3) is 0 Å². The molecule has 0 unspecified atom stereocenters. The third-order valence-corrected chi connectivity index (χ3v) is 1.05. The van der Waals surface area contributed by atoms with E-state index in [4.69, 9.17) is 10.2 Å². The Kier molecular flexibility index (Phi) is 3.75. The minimum Gasteiger partial charge on any atom is -0.481 e. The molecule has 6 nitrogen and oxygen atoms in total. The second-order valence-corrected chi connectivity index (χ2v) is 2.03. The van der Waals surface area contributed by atoms with Gasteiger partial charge in [0.05, 0.1) is 0 Å². The predicted octanol–water partition coefficient (Wildman–Crippen LogP) is -0.665. The van der Waals surface area contributed by atoms with Crippen molar-refractivity contribution in [2.24, 2.45) is 5.92 Å². The maximum atomic E-state index is 10.2. The van der Waals surface area contributed by atoms with Gasteiger partial charge in [0.15, 0.2) is 5.92 Å². The van der Waals surface area contributed by atoms with E-state index in [-0.39, 0.29) is 0 Å². The lowest BCUT2D eigenvalue weighted by Gasteiger charge is -2.05. The normalized spacial score (nSPS) is 9.50. The van der Waals surface area contributed by atoms with Crippen LogP contribution in [0.5, 0.6) is 0 Å². The average Bonchev–Trinajstić information content (AvgIpc) is 1.84. The number of hydrogen-bond acceptors (Lipinski definition) is 4. The van der Waals surface area contributed by atoms with Crippen molar-refractivity contribution in [2.75, 3.05) is 6.61 Å². The number of carboxylic acid groups (broad SMARTS) is 2. The van der Waals surface area contributed by atoms with Crippen LogP contribution in [0.4, 0.5) is 0 Å². The number of hydrogen-bond donors (Lipinski definition) is 2. The Labute approximate surface area is 67.8 Å². The molecule has 0 aromatic rings. The molecule has 0 aliphatic rings. The summed E-state index contributed by atoms with van der Waals surface area (Å²) in [6, 6.07) is 0. The van der Waals surface area contributed by atoms with Gasteiger partial charge < -0.3 is 14.9 Å². The third kappa shape index (κ3) is 3.55. The summed E-state index contributed by atoms with van der Waals surface area (Å²) in [6.07, 6.45) is 0. The van der Waals surface area contributed by atoms with E-state index in [2.05, 4.69) is 4.74 Å². The van der Waals surface area contributed by atoms with Crippen molar-refractivity contribution < 1.29 is 29.3 Å². The summed E-state index contributed by atoms with van der Waals surface area (Å²) in [4.78, 5) is 30.5. The molecule has 0 bridgehead atoms. The van der Waals surface area contributed by atoms with Gasteiger partial charge in [0.25, 0.3) is 0 Å². The number of carbonyl (C=O) groups excluding carboxylic acids is 1. The highest BCUT2D eigenvalue weighted by Gasteiger charge is 2.26. The quantitative estimate of drug-likeness (QED) is 0.435. The molecule has 0 fully saturated rings. The first kappa shape index (κ1) is 10.4. The van der Waals surface area contributed by atoms with Crippen molar-refractivity contribution in [2.45, 2.75) is 6.92 Å². The lowest BCUT2D eigenvalue weighted by Crippen LogP contribution is -2.28. The van der Waals surface area contributed by atoms with E-state index < -0.39 is 30.4 Å². The van der Waals surface area contributed by atoms with E-state index in [0.717, 1.165) is 6.92 Å². The van der Waals surface area contributed by atoms with Crippen molar-refractivity contribution in [3.8, 4) is 0 Å². The van der Waals surface area contributed by atoms with E-state index in [1.54, 1.807) is 0 Å². The van der Waals surface area contributed by atoms with Gasteiger partial charge >= 0.3 is 17.9 Å². The second kappa shape index (κ2) is 4.32. The van der Waals surface area contributed by atoms with Gasteiger partial charge in [-0.3, -0.25) is 14.4 Å². The van der Waals surface area contributed by atoms with E-state index in [0.29, 0.717) is 0 Å². The molecule has 0 radical (unpaired) electrons. The molecule has 12 heavy (non-hydrogen) atoms. The molecule has 0 rings (SSSR count). The predicted molar refractivity (Wildman–Crippen MR) is 35.4 cm³/mol. The molecule has 68 valence electrons. The molecule has 2 N–H and O–H groups in total. The number of carbonyl (C=O) groups is 3. The van der Waals surface area contributed by atoms with Gasteiger partial charge in [0.1, 0.15) is 6.61 Å². The van der Waals surface area contributed by atoms with Crippen LogP contribution in [-0.4, -0.2) is 34.7 Å². The van der Waals surface area contributed by atoms with Gasteiger partial charge in [0.2, 0.25) is 0 Å². The van der Waals surface area contributed by atoms with Crippen LogP contribution >= 0.6 is 0 Å². The summed E-state index contributed by atoms with van der Waals surface area (Å²) in [5.74, 6) is -5.44. The lowest BCUT2D eigenvalue weighted by atomic mass is 10.2. The molecule has 0 aliphatic carbocycles. The minimum atomic E-state index is -1.69. The molecule has 0 aromatic heterocycles. The first-order chi connectivity index (χ1) is 5.45. The van der Waals surface area contributed by atoms with E-state index in [1.165, 1.54) is 0 Å². The highest BCUT2D eigenvalue weighted by atomic mass is 16.5. The lowest BCUT2D eigenvalue weighted by molar-refractivity contribution is -0.159. The van der Waals surface area contributed by atoms with Crippen molar-refractivity contribution in [3.63, 3.8) is 0 Å². The second-order valence-electron chi connectivity index (χ2n) is 2.03. The summed E-state index contributed by atoms with van der Waals surface area (Å²) in [5.41, 5.74) is 0. The molecule has 0 aliphatic heterocycles. The highest BCUT2D eigenvalue weighted by molar-refractivity contribution is 5.93. The monoisotopic (exact) mass is 176 g/mol. The summed E-state index contributed by atoms with van der Waals surface area (Å²) >= 11 is 0. The number of rotatable bonds is 4. The molecule has 0 amide bonds. The van der Waals surface area contributed by atoms with Gasteiger partial charge in [-0.2, -0.15) is 0 Å². The number of ether oxygens (including phenoxy) is 1. The van der Waals surface area contributed by atoms with Gasteiger partial charge in [0, 0.05) is 6.92 Å². The Balaban J connectivity index is 4.06. The maximum absolute atomic E-state index is 10.2. The van der Waals surface area contributed by atoms with Gasteiger partial charge in [-0.05, 0) is 0 Å². The maximum Gasteiger partial charge on any atom is 0.321 e. The zero-order valence-electron chi connectivity index (χ0n) is 6.31. The van der Waals surface area contributed by atoms with E-state index >= 15 is 0 Å². The SMILES string of the molecule is CC(=O)OCC(C(=O)O)C(=O)O. The number of aliphatic carboxylic acids is 2. The molecule has 0 saturated carbocycles. The van der Waals surface area contributed by atoms with Crippen LogP contribution in [0.1, 0.15) is 6.92 Å². The minimum absolute atomic E-state index is 0.639. The zero-order chi connectivity index (χ0) is 9.72. The van der Waals surface area contributed by atoms with Gasteiger partial charge in [-0.1, -0.05) is 0 Å². The van der Waals surface area contributed by atoms with Crippen molar-refractivity contribution >= 4 is 17.9 Å². The first-order valence-electron chi connectivity index (χ1n) is 3.04. The molecular formula is C6H8O6. The molecule has 0 saturated heterocycles. The summed E-state index contributed by atoms with van der Waals surface area (Å²) in [5, 5.41) is 16.6. The molecule has 0 heterocycles. The van der Waals surface area contributed by atoms with Crippen LogP contribution in [-0.2, 0) is 19.1 Å². The van der Waals surface area contributed by atoms with Crippen molar-refractivity contribution in [1.29, 1.82) is 0 Å². The van der Waals surface area contributed by atoms with Gasteiger partial charge in [-0.15, -0.1) is 0 Å². The number of carboxylic acids is 2. The fraction of sp³-hybridized carbons (Fsp3) is 0.500. The fourth-order valence-corrected chi connectivity index (χ4v) is 0.449. The Hall–Kier alpha value is -1.59. The Bertz CT molecular complexity index is 194. The van der Waals surface area contributed by atoms with Gasteiger partial charge in [-0.25, -0.2) is 0 Å². The van der Waals surface area contributed by atoms with E-state index in [9.17, 15) is 14.4 Å². The summed E-state index contributed by atoms with van der Waals surface area (Å²) in [7, 11) is 0. The first-order valence-corrected chi connectivity index (χ1v) is 3.04. The molecule has 0 aromatic carbocycles. The zero-order valence-corrected chi connectivity index (χ0v) is 6.31. The van der Waals surface area contributed by atoms with Crippen molar-refractivity contribution in [3.05, 3.63) is 0 Å². The number of esters is 1.